The molecule has 1 aromatic carbocycles. The molecule has 1 aromatic rings. The molecule has 1 heterocycles. The van der Waals surface area contributed by atoms with Gasteiger partial charge in [0.25, 0.3) is 0 Å². The van der Waals surface area contributed by atoms with Crippen molar-refractivity contribution < 1.29 is 39.6 Å². The van der Waals surface area contributed by atoms with Crippen LogP contribution in [0.15, 0.2) is 24.3 Å². The number of carbonyl (C=O) groups excluding carboxylic acids is 3. The molecule has 2 rings (SSSR count). The molecule has 0 radical (unpaired) electrons. The van der Waals surface area contributed by atoms with Gasteiger partial charge in [-0.25, -0.2) is 4.79 Å². The van der Waals surface area contributed by atoms with E-state index in [0.29, 0.717) is 12.0 Å². The molecule has 0 saturated carbocycles. The van der Waals surface area contributed by atoms with E-state index in [2.05, 4.69) is 10.6 Å². The lowest BCUT2D eigenvalue weighted by Gasteiger charge is -2.30. The number of hydrogen-bond acceptors (Lipinski definition) is 8. The van der Waals surface area contributed by atoms with Crippen molar-refractivity contribution in [2.45, 2.75) is 56.5 Å². The van der Waals surface area contributed by atoms with E-state index >= 15 is 0 Å². The summed E-state index contributed by atoms with van der Waals surface area (Å²) in [4.78, 5) is 50.8. The fourth-order valence-corrected chi connectivity index (χ4v) is 3.51. The molecule has 5 unspecified atom stereocenters. The minimum Gasteiger partial charge on any atom is -0.508 e. The molecule has 33 heavy (non-hydrogen) atoms. The monoisotopic (exact) mass is 466 g/mol. The van der Waals surface area contributed by atoms with Crippen molar-refractivity contribution in [3.8, 4) is 5.75 Å². The molecule has 1 aliphatic rings. The summed E-state index contributed by atoms with van der Waals surface area (Å²) in [6.07, 6.45) is -0.376. The highest BCUT2D eigenvalue weighted by Crippen LogP contribution is 2.20. The summed E-state index contributed by atoms with van der Waals surface area (Å²) >= 11 is 0. The lowest BCUT2D eigenvalue weighted by molar-refractivity contribution is -0.145. The van der Waals surface area contributed by atoms with E-state index in [9.17, 15) is 29.4 Å². The fourth-order valence-electron chi connectivity index (χ4n) is 3.51. The van der Waals surface area contributed by atoms with E-state index in [1.165, 1.54) is 24.0 Å². The van der Waals surface area contributed by atoms with Gasteiger partial charge in [-0.3, -0.25) is 14.4 Å². The molecule has 182 valence electrons. The number of rotatable bonds is 10. The van der Waals surface area contributed by atoms with Crippen LogP contribution in [0.4, 0.5) is 0 Å². The van der Waals surface area contributed by atoms with Gasteiger partial charge in [-0.05, 0) is 37.5 Å². The third-order valence-corrected chi connectivity index (χ3v) is 5.45. The van der Waals surface area contributed by atoms with Crippen LogP contribution in [0, 0.1) is 0 Å². The first-order chi connectivity index (χ1) is 15.5. The lowest BCUT2D eigenvalue weighted by atomic mass is 10.0. The Hall–Kier alpha value is -3.22. The Labute approximate surface area is 190 Å². The van der Waals surface area contributed by atoms with Crippen LogP contribution >= 0.6 is 0 Å². The van der Waals surface area contributed by atoms with Gasteiger partial charge in [0, 0.05) is 13.0 Å². The fraction of sp³-hybridized carbons (Fsp3) is 0.524. The number of aromatic hydroxyl groups is 1. The molecule has 0 bridgehead atoms. The minimum atomic E-state index is -1.51. The van der Waals surface area contributed by atoms with Crippen LogP contribution in [-0.4, -0.2) is 92.4 Å². The van der Waals surface area contributed by atoms with Crippen molar-refractivity contribution in [2.24, 2.45) is 5.73 Å². The van der Waals surface area contributed by atoms with E-state index in [-0.39, 0.29) is 25.1 Å². The van der Waals surface area contributed by atoms with Gasteiger partial charge in [0.2, 0.25) is 17.7 Å². The van der Waals surface area contributed by atoms with E-state index in [1.54, 1.807) is 12.1 Å². The van der Waals surface area contributed by atoms with Crippen molar-refractivity contribution in [3.63, 3.8) is 0 Å². The number of carboxylic acids is 1. The maximum Gasteiger partial charge on any atom is 0.328 e. The third-order valence-electron chi connectivity index (χ3n) is 5.45. The lowest BCUT2D eigenvalue weighted by Crippen LogP contribution is -2.58. The molecule has 0 spiro atoms. The first-order valence-corrected chi connectivity index (χ1v) is 10.5. The van der Waals surface area contributed by atoms with E-state index in [1.807, 2.05) is 0 Å². The number of hydrogen-bond donors (Lipinski definition) is 7. The smallest absolute Gasteiger partial charge is 0.328 e. The highest BCUT2D eigenvalue weighted by atomic mass is 16.4. The van der Waals surface area contributed by atoms with Crippen LogP contribution in [0.3, 0.4) is 0 Å². The Kier molecular flexibility index (Phi) is 9.14. The van der Waals surface area contributed by atoms with Crippen LogP contribution in [0.2, 0.25) is 0 Å². The van der Waals surface area contributed by atoms with E-state index < -0.39 is 60.6 Å². The van der Waals surface area contributed by atoms with Gasteiger partial charge in [0.05, 0.1) is 12.7 Å². The molecule has 0 aromatic heterocycles. The zero-order valence-electron chi connectivity index (χ0n) is 18.2. The predicted octanol–water partition coefficient (Wildman–Crippen LogP) is -2.32. The Bertz CT molecular complexity index is 860. The second-order valence-electron chi connectivity index (χ2n) is 7.97. The van der Waals surface area contributed by atoms with Crippen LogP contribution < -0.4 is 16.4 Å². The van der Waals surface area contributed by atoms with Crippen molar-refractivity contribution in [2.75, 3.05) is 13.2 Å². The first kappa shape index (κ1) is 26.0. The number of aliphatic hydroxyl groups is 2. The van der Waals surface area contributed by atoms with Crippen molar-refractivity contribution in [1.29, 1.82) is 0 Å². The van der Waals surface area contributed by atoms with Crippen molar-refractivity contribution in [1.82, 2.24) is 15.5 Å². The van der Waals surface area contributed by atoms with Gasteiger partial charge >= 0.3 is 5.97 Å². The SMILES string of the molecule is CC(O)C(N)C(=O)NC(Cc1ccc(O)cc1)C(=O)N1CCCC1C(=O)NC(CO)C(=O)O. The van der Waals surface area contributed by atoms with Crippen molar-refractivity contribution in [3.05, 3.63) is 29.8 Å². The summed E-state index contributed by atoms with van der Waals surface area (Å²) in [5, 5.41) is 42.0. The number of likely N-dealkylation sites (tertiary alicyclic amines) is 1. The van der Waals surface area contributed by atoms with Crippen LogP contribution in [-0.2, 0) is 25.6 Å². The number of phenolic OH excluding ortho intramolecular Hbond substituents is 1. The second-order valence-corrected chi connectivity index (χ2v) is 7.97. The molecule has 1 saturated heterocycles. The highest BCUT2D eigenvalue weighted by Gasteiger charge is 2.39. The first-order valence-electron chi connectivity index (χ1n) is 10.5. The number of aliphatic carboxylic acids is 1. The number of carboxylic acid groups (broad SMARTS) is 1. The van der Waals surface area contributed by atoms with Gasteiger partial charge in [0.1, 0.15) is 29.9 Å². The Morgan fingerprint density at radius 1 is 1.15 bits per heavy atom. The van der Waals surface area contributed by atoms with Crippen LogP contribution in [0.5, 0.6) is 5.75 Å². The second kappa shape index (κ2) is 11.6. The summed E-state index contributed by atoms with van der Waals surface area (Å²) < 4.78 is 0. The number of nitrogens with two attached hydrogens (primary N) is 1. The normalized spacial score (nSPS) is 19.3. The summed E-state index contributed by atoms with van der Waals surface area (Å²) in [6.45, 7) is 0.735. The predicted molar refractivity (Wildman–Crippen MR) is 115 cm³/mol. The van der Waals surface area contributed by atoms with Gasteiger partial charge in [-0.1, -0.05) is 12.1 Å². The minimum absolute atomic E-state index is 0.0231. The molecule has 1 fully saturated rings. The summed E-state index contributed by atoms with van der Waals surface area (Å²) in [5.74, 6) is -3.45. The average molecular weight is 466 g/mol. The topological polar surface area (TPSA) is 203 Å². The Morgan fingerprint density at radius 3 is 2.33 bits per heavy atom. The molecular formula is C21H30N4O8. The van der Waals surface area contributed by atoms with Gasteiger partial charge in [-0.2, -0.15) is 0 Å². The van der Waals surface area contributed by atoms with E-state index in [0.717, 1.165) is 0 Å². The average Bonchev–Trinajstić information content (AvgIpc) is 3.26. The molecule has 0 aliphatic carbocycles. The van der Waals surface area contributed by atoms with Crippen molar-refractivity contribution >= 4 is 23.7 Å². The molecular weight excluding hydrogens is 436 g/mol. The number of nitrogens with zero attached hydrogens (tertiary/aromatic N) is 1. The standard InChI is InChI=1S/C21H30N4O8/c1-11(27)17(22)19(30)23-14(9-12-4-6-13(28)7-5-12)20(31)25-8-2-3-16(25)18(29)24-15(10-26)21(32)33/h4-7,11,14-17,26-28H,2-3,8-10,22H2,1H3,(H,23,30)(H,24,29)(H,32,33). The molecule has 8 N–H and O–H groups in total. The number of amides is 3. The number of carbonyl (C=O) groups is 4. The molecule has 3 amide bonds. The zero-order chi connectivity index (χ0) is 24.7. The summed E-state index contributed by atoms with van der Waals surface area (Å²) in [6, 6.07) is 1.10. The van der Waals surface area contributed by atoms with Gasteiger partial charge < -0.3 is 41.7 Å². The molecule has 12 heteroatoms. The largest absolute Gasteiger partial charge is 0.508 e. The van der Waals surface area contributed by atoms with Crippen LogP contribution in [0.25, 0.3) is 0 Å². The molecule has 5 atom stereocenters. The number of nitrogens with one attached hydrogen (secondary N) is 2. The number of aliphatic hydroxyl groups excluding tert-OH is 2. The van der Waals surface area contributed by atoms with Crippen LogP contribution in [0.1, 0.15) is 25.3 Å². The summed E-state index contributed by atoms with van der Waals surface area (Å²) in [7, 11) is 0. The Balaban J connectivity index is 2.23. The maximum absolute atomic E-state index is 13.4. The molecule has 12 nitrogen and oxygen atoms in total. The maximum atomic E-state index is 13.4. The Morgan fingerprint density at radius 2 is 1.79 bits per heavy atom. The van der Waals surface area contributed by atoms with Gasteiger partial charge in [-0.15, -0.1) is 0 Å². The quantitative estimate of drug-likeness (QED) is 0.197. The summed E-state index contributed by atoms with van der Waals surface area (Å²) in [5.41, 5.74) is 6.30. The third kappa shape index (κ3) is 6.88. The van der Waals surface area contributed by atoms with Gasteiger partial charge in [0.15, 0.2) is 0 Å². The number of benzene rings is 1. The molecule has 1 aliphatic heterocycles. The van der Waals surface area contributed by atoms with E-state index in [4.69, 9.17) is 15.9 Å². The zero-order valence-corrected chi connectivity index (χ0v) is 18.2. The highest BCUT2D eigenvalue weighted by molar-refractivity contribution is 5.94. The number of phenols is 1.